The van der Waals surface area contributed by atoms with E-state index >= 15 is 0 Å². The zero-order chi connectivity index (χ0) is 12.2. The van der Waals surface area contributed by atoms with E-state index in [9.17, 15) is 0 Å². The van der Waals surface area contributed by atoms with Gasteiger partial charge >= 0.3 is 0 Å². The van der Waals surface area contributed by atoms with Crippen molar-refractivity contribution in [3.8, 4) is 0 Å². The molecule has 1 aliphatic rings. The van der Waals surface area contributed by atoms with E-state index < -0.39 is 0 Å². The average Bonchev–Trinajstić information content (AvgIpc) is 2.25. The molecule has 0 saturated carbocycles. The maximum atomic E-state index is 3.66. The largest absolute Gasteiger partial charge is 0.312 e. The quantitative estimate of drug-likeness (QED) is 0.796. The Kier molecular flexibility index (Phi) is 5.26. The van der Waals surface area contributed by atoms with E-state index in [-0.39, 0.29) is 0 Å². The Balaban J connectivity index is 2.64. The van der Waals surface area contributed by atoms with E-state index in [1.165, 1.54) is 38.8 Å². The van der Waals surface area contributed by atoms with Crippen molar-refractivity contribution in [1.29, 1.82) is 0 Å². The van der Waals surface area contributed by atoms with Gasteiger partial charge in [0.25, 0.3) is 0 Å². The second kappa shape index (κ2) is 6.02. The van der Waals surface area contributed by atoms with Crippen LogP contribution in [0.1, 0.15) is 60.3 Å². The maximum Gasteiger partial charge on any atom is 0.0176 e. The van der Waals surface area contributed by atoms with Crippen LogP contribution in [0.2, 0.25) is 0 Å². The first-order valence-electron chi connectivity index (χ1n) is 7.03. The summed E-state index contributed by atoms with van der Waals surface area (Å²) in [5.41, 5.74) is 0.413. The molecule has 16 heavy (non-hydrogen) atoms. The molecule has 1 aliphatic heterocycles. The van der Waals surface area contributed by atoms with Gasteiger partial charge in [-0.2, -0.15) is 0 Å². The van der Waals surface area contributed by atoms with Crippen LogP contribution in [0.15, 0.2) is 0 Å². The second-order valence-corrected chi connectivity index (χ2v) is 5.74. The van der Waals surface area contributed by atoms with Gasteiger partial charge in [-0.1, -0.05) is 13.8 Å². The second-order valence-electron chi connectivity index (χ2n) is 5.74. The van der Waals surface area contributed by atoms with Gasteiger partial charge in [-0.25, -0.2) is 0 Å². The lowest BCUT2D eigenvalue weighted by Gasteiger charge is -2.43. The predicted octanol–water partition coefficient (Wildman–Crippen LogP) is 3.03. The van der Waals surface area contributed by atoms with E-state index in [0.29, 0.717) is 17.6 Å². The van der Waals surface area contributed by atoms with Crippen LogP contribution in [0.4, 0.5) is 0 Å². The third kappa shape index (κ3) is 3.46. The van der Waals surface area contributed by atoms with Crippen LogP contribution in [-0.2, 0) is 0 Å². The summed E-state index contributed by atoms with van der Waals surface area (Å²) < 4.78 is 0. The summed E-state index contributed by atoms with van der Waals surface area (Å²) in [7, 11) is 0. The molecule has 1 saturated heterocycles. The molecule has 2 atom stereocenters. The van der Waals surface area contributed by atoms with Crippen LogP contribution in [0.3, 0.4) is 0 Å². The molecule has 0 aliphatic carbocycles. The van der Waals surface area contributed by atoms with E-state index in [4.69, 9.17) is 0 Å². The summed E-state index contributed by atoms with van der Waals surface area (Å²) in [6.07, 6.45) is 5.08. The van der Waals surface area contributed by atoms with Crippen molar-refractivity contribution in [3.63, 3.8) is 0 Å². The fourth-order valence-electron chi connectivity index (χ4n) is 2.70. The smallest absolute Gasteiger partial charge is 0.0176 e. The maximum absolute atomic E-state index is 3.66. The minimum atomic E-state index is 0.413. The molecule has 2 heteroatoms. The van der Waals surface area contributed by atoms with Crippen LogP contribution in [0.5, 0.6) is 0 Å². The summed E-state index contributed by atoms with van der Waals surface area (Å²) in [5.74, 6) is 0. The van der Waals surface area contributed by atoms with Crippen molar-refractivity contribution in [1.82, 2.24) is 10.2 Å². The Bertz CT molecular complexity index is 187. The summed E-state index contributed by atoms with van der Waals surface area (Å²) in [5, 5.41) is 3.66. The van der Waals surface area contributed by atoms with E-state index in [1.807, 2.05) is 0 Å². The first-order valence-corrected chi connectivity index (χ1v) is 7.03. The van der Waals surface area contributed by atoms with Gasteiger partial charge in [0.1, 0.15) is 0 Å². The van der Waals surface area contributed by atoms with E-state index in [0.717, 1.165) is 0 Å². The van der Waals surface area contributed by atoms with Gasteiger partial charge in [0.05, 0.1) is 0 Å². The van der Waals surface area contributed by atoms with Crippen molar-refractivity contribution in [2.24, 2.45) is 0 Å². The minimum absolute atomic E-state index is 0.413. The Morgan fingerprint density at radius 2 is 1.50 bits per heavy atom. The molecule has 1 heterocycles. The van der Waals surface area contributed by atoms with Crippen molar-refractivity contribution in [2.45, 2.75) is 77.9 Å². The topological polar surface area (TPSA) is 15.3 Å². The number of nitrogens with zero attached hydrogens (tertiary/aromatic N) is 1. The number of hydrogen-bond donors (Lipinski definition) is 1. The highest BCUT2D eigenvalue weighted by Crippen LogP contribution is 2.25. The fraction of sp³-hybridized carbons (Fsp3) is 1.00. The molecule has 2 nitrogen and oxygen atoms in total. The lowest BCUT2D eigenvalue weighted by molar-refractivity contribution is 0.0766. The Morgan fingerprint density at radius 1 is 1.06 bits per heavy atom. The minimum Gasteiger partial charge on any atom is -0.312 e. The number of nitrogens with one attached hydrogen (secondary N) is 1. The van der Waals surface area contributed by atoms with Crippen LogP contribution in [0.25, 0.3) is 0 Å². The highest BCUT2D eigenvalue weighted by molar-refractivity contribution is 4.86. The molecule has 0 aromatic rings. The van der Waals surface area contributed by atoms with Gasteiger partial charge in [-0.05, 0) is 46.5 Å². The molecule has 1 fully saturated rings. The summed E-state index contributed by atoms with van der Waals surface area (Å²) in [6, 6.07) is 1.33. The fourth-order valence-corrected chi connectivity index (χ4v) is 2.70. The highest BCUT2D eigenvalue weighted by atomic mass is 15.2. The lowest BCUT2D eigenvalue weighted by atomic mass is 9.91. The van der Waals surface area contributed by atoms with Crippen molar-refractivity contribution in [3.05, 3.63) is 0 Å². The molecule has 0 radical (unpaired) electrons. The number of rotatable bonds is 3. The summed E-state index contributed by atoms with van der Waals surface area (Å²) >= 11 is 0. The molecule has 0 aromatic heterocycles. The standard InChI is InChI=1S/C14H30N2/c1-6-14(5,7-2)16-10-8-12(3)15-13(4)9-11-16/h12-13,15H,6-11H2,1-5H3. The average molecular weight is 226 g/mol. The molecule has 0 bridgehead atoms. The van der Waals surface area contributed by atoms with Crippen LogP contribution in [-0.4, -0.2) is 35.6 Å². The first kappa shape index (κ1) is 14.0. The molecule has 96 valence electrons. The monoisotopic (exact) mass is 226 g/mol. The van der Waals surface area contributed by atoms with Crippen molar-refractivity contribution in [2.75, 3.05) is 13.1 Å². The zero-order valence-corrected chi connectivity index (χ0v) is 11.8. The van der Waals surface area contributed by atoms with Crippen LogP contribution < -0.4 is 5.32 Å². The third-order valence-corrected chi connectivity index (χ3v) is 4.52. The van der Waals surface area contributed by atoms with Gasteiger partial charge in [-0.3, -0.25) is 4.90 Å². The van der Waals surface area contributed by atoms with Crippen LogP contribution >= 0.6 is 0 Å². The SMILES string of the molecule is CCC(C)(CC)N1CCC(C)NC(C)CC1. The first-order chi connectivity index (χ1) is 7.51. The lowest BCUT2D eigenvalue weighted by Crippen LogP contribution is -2.51. The summed E-state index contributed by atoms with van der Waals surface area (Å²) in [4.78, 5) is 2.72. The predicted molar refractivity (Wildman–Crippen MR) is 71.9 cm³/mol. The molecule has 0 spiro atoms. The van der Waals surface area contributed by atoms with Gasteiger partial charge in [-0.15, -0.1) is 0 Å². The zero-order valence-electron chi connectivity index (χ0n) is 11.8. The van der Waals surface area contributed by atoms with Crippen molar-refractivity contribution < 1.29 is 0 Å². The third-order valence-electron chi connectivity index (χ3n) is 4.52. The highest BCUT2D eigenvalue weighted by Gasteiger charge is 2.29. The Hall–Kier alpha value is -0.0800. The molecule has 1 rings (SSSR count). The van der Waals surface area contributed by atoms with Gasteiger partial charge in [0.15, 0.2) is 0 Å². The molecule has 2 unspecified atom stereocenters. The van der Waals surface area contributed by atoms with E-state index in [1.54, 1.807) is 0 Å². The Labute approximate surface area is 102 Å². The van der Waals surface area contributed by atoms with Gasteiger partial charge < -0.3 is 5.32 Å². The number of hydrogen-bond acceptors (Lipinski definition) is 2. The molecule has 0 amide bonds. The van der Waals surface area contributed by atoms with Crippen LogP contribution in [0, 0.1) is 0 Å². The normalized spacial score (nSPS) is 29.8. The molecule has 0 aromatic carbocycles. The molecule has 1 N–H and O–H groups in total. The van der Waals surface area contributed by atoms with Gasteiger partial charge in [0.2, 0.25) is 0 Å². The summed E-state index contributed by atoms with van der Waals surface area (Å²) in [6.45, 7) is 14.2. The molecular weight excluding hydrogens is 196 g/mol. The Morgan fingerprint density at radius 3 is 1.88 bits per heavy atom. The molecular formula is C14H30N2. The van der Waals surface area contributed by atoms with Gasteiger partial charge in [0, 0.05) is 30.7 Å². The van der Waals surface area contributed by atoms with Crippen molar-refractivity contribution >= 4 is 0 Å². The van der Waals surface area contributed by atoms with E-state index in [2.05, 4.69) is 44.8 Å².